The number of fused-ring (bicyclic) bond motifs is 3. The summed E-state index contributed by atoms with van der Waals surface area (Å²) >= 11 is 3.65. The van der Waals surface area contributed by atoms with E-state index < -0.39 is 0 Å². The molecule has 2 aliphatic carbocycles. The van der Waals surface area contributed by atoms with Gasteiger partial charge < -0.3 is 0 Å². The summed E-state index contributed by atoms with van der Waals surface area (Å²) in [6.07, 6.45) is 4.44. The number of benzene rings is 1. The van der Waals surface area contributed by atoms with Gasteiger partial charge in [0.25, 0.3) is 0 Å². The smallest absolute Gasteiger partial charge is 0.182 e. The zero-order valence-electron chi connectivity index (χ0n) is 12.7. The molecule has 4 heteroatoms. The molecule has 4 rings (SSSR count). The molecule has 114 valence electrons. The van der Waals surface area contributed by atoms with Crippen molar-refractivity contribution in [1.29, 1.82) is 0 Å². The minimum Gasteiger partial charge on any atom is -0.300 e. The first-order valence-electron chi connectivity index (χ1n) is 7.94. The number of para-hydroxylation sites is 1. The van der Waals surface area contributed by atoms with Crippen LogP contribution in [0.25, 0.3) is 5.69 Å². The van der Waals surface area contributed by atoms with E-state index in [1.807, 2.05) is 6.07 Å². The number of carbonyl (C=O) groups excluding carboxylic acids is 1. The Morgan fingerprint density at radius 2 is 2.05 bits per heavy atom. The fourth-order valence-corrected chi connectivity index (χ4v) is 4.80. The predicted molar refractivity (Wildman–Crippen MR) is 89.3 cm³/mol. The molecule has 1 saturated carbocycles. The highest BCUT2D eigenvalue weighted by atomic mass is 79.9. The lowest BCUT2D eigenvalue weighted by Gasteiger charge is -2.43. The third-order valence-corrected chi connectivity index (χ3v) is 6.05. The van der Waals surface area contributed by atoms with Crippen LogP contribution in [0.3, 0.4) is 0 Å². The molecule has 2 atom stereocenters. The molecular weight excluding hydrogens is 340 g/mol. The zero-order valence-corrected chi connectivity index (χ0v) is 14.3. The van der Waals surface area contributed by atoms with Gasteiger partial charge in [-0.15, -0.1) is 0 Å². The molecule has 0 bridgehead atoms. The normalized spacial score (nSPS) is 27.4. The van der Waals surface area contributed by atoms with Crippen LogP contribution in [0.2, 0.25) is 0 Å². The van der Waals surface area contributed by atoms with E-state index in [1.54, 1.807) is 0 Å². The van der Waals surface area contributed by atoms with E-state index in [2.05, 4.69) is 51.7 Å². The molecule has 0 saturated heterocycles. The molecule has 0 N–H and O–H groups in total. The van der Waals surface area contributed by atoms with Gasteiger partial charge in [-0.3, -0.25) is 9.36 Å². The number of carbonyl (C=O) groups is 1. The van der Waals surface area contributed by atoms with Crippen molar-refractivity contribution in [1.82, 2.24) is 9.55 Å². The first kappa shape index (κ1) is 14.2. The maximum atomic E-state index is 11.8. The van der Waals surface area contributed by atoms with Crippen molar-refractivity contribution in [3.63, 3.8) is 0 Å². The Hall–Kier alpha value is -1.42. The predicted octanol–water partition coefficient (Wildman–Crippen LogP) is 4.21. The van der Waals surface area contributed by atoms with E-state index in [9.17, 15) is 4.79 Å². The molecule has 3 nitrogen and oxygen atoms in total. The van der Waals surface area contributed by atoms with E-state index in [-0.39, 0.29) is 5.41 Å². The molecule has 0 amide bonds. The lowest BCUT2D eigenvalue weighted by Crippen LogP contribution is -2.42. The van der Waals surface area contributed by atoms with Crippen molar-refractivity contribution >= 4 is 21.7 Å². The van der Waals surface area contributed by atoms with Gasteiger partial charge in [-0.25, -0.2) is 4.98 Å². The number of Topliss-reactive ketones (excluding diaryl/α,β-unsaturated/α-hetero) is 1. The third-order valence-electron chi connectivity index (χ3n) is 5.52. The summed E-state index contributed by atoms with van der Waals surface area (Å²) in [4.78, 5) is 16.7. The molecule has 0 spiro atoms. The first-order valence-corrected chi connectivity index (χ1v) is 8.73. The van der Waals surface area contributed by atoms with E-state index in [0.717, 1.165) is 36.1 Å². The largest absolute Gasteiger partial charge is 0.300 e. The lowest BCUT2D eigenvalue weighted by atomic mass is 9.60. The number of ketones is 1. The number of halogens is 1. The van der Waals surface area contributed by atoms with Crippen molar-refractivity contribution in [3.05, 3.63) is 46.5 Å². The number of hydrogen-bond donors (Lipinski definition) is 0. The van der Waals surface area contributed by atoms with Crippen molar-refractivity contribution in [3.8, 4) is 5.69 Å². The molecule has 1 aromatic heterocycles. The van der Waals surface area contributed by atoms with E-state index >= 15 is 0 Å². The van der Waals surface area contributed by atoms with Crippen molar-refractivity contribution in [2.75, 3.05) is 0 Å². The van der Waals surface area contributed by atoms with Crippen LogP contribution >= 0.6 is 15.9 Å². The number of hydrogen-bond acceptors (Lipinski definition) is 2. The van der Waals surface area contributed by atoms with Gasteiger partial charge in [-0.05, 0) is 53.2 Å². The number of aromatic nitrogens is 2. The Balaban J connectivity index is 1.85. The van der Waals surface area contributed by atoms with Gasteiger partial charge in [0.1, 0.15) is 5.78 Å². The second-order valence-corrected chi connectivity index (χ2v) is 7.45. The second kappa shape index (κ2) is 5.05. The highest BCUT2D eigenvalue weighted by Crippen LogP contribution is 2.49. The Morgan fingerprint density at radius 3 is 2.82 bits per heavy atom. The fourth-order valence-electron chi connectivity index (χ4n) is 4.20. The third kappa shape index (κ3) is 2.00. The van der Waals surface area contributed by atoms with Crippen LogP contribution in [-0.4, -0.2) is 15.3 Å². The molecule has 22 heavy (non-hydrogen) atoms. The average Bonchev–Trinajstić information content (AvgIpc) is 2.86. The molecule has 2 unspecified atom stereocenters. The number of imidazole rings is 1. The molecule has 0 radical (unpaired) electrons. The number of nitrogens with zero attached hydrogens (tertiary/aromatic N) is 2. The van der Waals surface area contributed by atoms with Crippen LogP contribution in [0.1, 0.15) is 44.0 Å². The average molecular weight is 359 g/mol. The summed E-state index contributed by atoms with van der Waals surface area (Å²) in [5.41, 5.74) is 3.71. The van der Waals surface area contributed by atoms with Gasteiger partial charge in [-0.2, -0.15) is 0 Å². The highest BCUT2D eigenvalue weighted by molar-refractivity contribution is 9.10. The van der Waals surface area contributed by atoms with Crippen molar-refractivity contribution < 1.29 is 4.79 Å². The topological polar surface area (TPSA) is 34.9 Å². The van der Waals surface area contributed by atoms with Gasteiger partial charge in [-0.1, -0.05) is 25.1 Å². The summed E-state index contributed by atoms with van der Waals surface area (Å²) in [5, 5.41) is 0. The molecule has 2 aliphatic rings. The maximum absolute atomic E-state index is 11.8. The van der Waals surface area contributed by atoms with Crippen LogP contribution < -0.4 is 0 Å². The monoisotopic (exact) mass is 358 g/mol. The van der Waals surface area contributed by atoms with Crippen molar-refractivity contribution in [2.45, 2.75) is 44.4 Å². The zero-order chi connectivity index (χ0) is 15.3. The summed E-state index contributed by atoms with van der Waals surface area (Å²) in [5.74, 6) is 0.875. The van der Waals surface area contributed by atoms with E-state index in [0.29, 0.717) is 18.1 Å². The second-order valence-electron chi connectivity index (χ2n) is 6.74. The fraction of sp³-hybridized carbons (Fsp3) is 0.444. The van der Waals surface area contributed by atoms with Crippen molar-refractivity contribution in [2.24, 2.45) is 5.92 Å². The summed E-state index contributed by atoms with van der Waals surface area (Å²) in [7, 11) is 0. The summed E-state index contributed by atoms with van der Waals surface area (Å²) in [6, 6.07) is 10.4. The van der Waals surface area contributed by atoms with E-state index in [4.69, 9.17) is 4.98 Å². The SMILES string of the molecule is CC12CCC(=O)CC1CCc1c2nc(Br)n1-c1ccccc1. The Bertz CT molecular complexity index is 737. The molecule has 0 aliphatic heterocycles. The molecule has 1 heterocycles. The maximum Gasteiger partial charge on any atom is 0.182 e. The number of rotatable bonds is 1. The molecule has 1 fully saturated rings. The van der Waals surface area contributed by atoms with Gasteiger partial charge in [0.2, 0.25) is 0 Å². The Labute approximate surface area is 138 Å². The van der Waals surface area contributed by atoms with Gasteiger partial charge in [0.15, 0.2) is 4.73 Å². The molecule has 1 aromatic carbocycles. The Morgan fingerprint density at radius 1 is 1.27 bits per heavy atom. The first-order chi connectivity index (χ1) is 10.6. The van der Waals surface area contributed by atoms with Crippen LogP contribution in [0.4, 0.5) is 0 Å². The minimum atomic E-state index is 0.0457. The van der Waals surface area contributed by atoms with Crippen LogP contribution in [0.15, 0.2) is 35.1 Å². The van der Waals surface area contributed by atoms with Gasteiger partial charge >= 0.3 is 0 Å². The van der Waals surface area contributed by atoms with Crippen LogP contribution in [0.5, 0.6) is 0 Å². The van der Waals surface area contributed by atoms with Crippen LogP contribution in [0, 0.1) is 5.92 Å². The van der Waals surface area contributed by atoms with Crippen LogP contribution in [-0.2, 0) is 16.6 Å². The molecule has 2 aromatic rings. The molecular formula is C18H19BrN2O. The van der Waals surface area contributed by atoms with Gasteiger partial charge in [0, 0.05) is 29.6 Å². The Kier molecular flexibility index (Phi) is 3.26. The van der Waals surface area contributed by atoms with E-state index in [1.165, 1.54) is 11.4 Å². The van der Waals surface area contributed by atoms with Gasteiger partial charge in [0.05, 0.1) is 5.69 Å². The summed E-state index contributed by atoms with van der Waals surface area (Å²) in [6.45, 7) is 2.30. The highest BCUT2D eigenvalue weighted by Gasteiger charge is 2.46. The summed E-state index contributed by atoms with van der Waals surface area (Å²) < 4.78 is 3.11. The minimum absolute atomic E-state index is 0.0457. The lowest BCUT2D eigenvalue weighted by molar-refractivity contribution is -0.123. The quantitative estimate of drug-likeness (QED) is 0.765. The standard InChI is InChI=1S/C18H19BrN2O/c1-18-10-9-14(22)11-12(18)7-8-15-16(18)20-17(19)21(15)13-5-3-2-4-6-13/h2-6,12H,7-11H2,1H3.